The van der Waals surface area contributed by atoms with E-state index in [1.54, 1.807) is 0 Å². The van der Waals surface area contributed by atoms with Crippen LogP contribution in [0, 0.1) is 0 Å². The van der Waals surface area contributed by atoms with Crippen LogP contribution in [0.2, 0.25) is 0 Å². The van der Waals surface area contributed by atoms with E-state index in [0.29, 0.717) is 18.6 Å². The number of nitrogens with one attached hydrogen (secondary N) is 1. The van der Waals surface area contributed by atoms with E-state index in [1.165, 1.54) is 18.4 Å². The minimum atomic E-state index is 0.203. The first-order chi connectivity index (χ1) is 8.25. The topological polar surface area (TPSA) is 32.3 Å². The molecule has 1 aromatic carbocycles. The number of carbonyl (C=O) groups excluding carboxylic acids is 1. The number of nitrogens with zero attached hydrogens (tertiary/aromatic N) is 1. The summed E-state index contributed by atoms with van der Waals surface area (Å²) in [5.74, 6) is 0.203. The summed E-state index contributed by atoms with van der Waals surface area (Å²) in [5.41, 5.74) is 2.39. The summed E-state index contributed by atoms with van der Waals surface area (Å²) >= 11 is 0. The van der Waals surface area contributed by atoms with E-state index in [-0.39, 0.29) is 5.91 Å². The lowest BCUT2D eigenvalue weighted by atomic mass is 10.1. The van der Waals surface area contributed by atoms with Crippen molar-refractivity contribution in [1.29, 1.82) is 0 Å². The maximum absolute atomic E-state index is 12.2. The maximum Gasteiger partial charge on any atom is 0.241 e. The third-order valence-electron chi connectivity index (χ3n) is 3.60. The van der Waals surface area contributed by atoms with Gasteiger partial charge in [0.1, 0.15) is 0 Å². The van der Waals surface area contributed by atoms with Crippen molar-refractivity contribution < 1.29 is 4.79 Å². The molecule has 1 N–H and O–H groups in total. The minimum absolute atomic E-state index is 0.203. The van der Waals surface area contributed by atoms with Gasteiger partial charge in [0, 0.05) is 17.8 Å². The van der Waals surface area contributed by atoms with Gasteiger partial charge < -0.3 is 10.2 Å². The van der Waals surface area contributed by atoms with Crippen molar-refractivity contribution in [2.75, 3.05) is 11.4 Å². The van der Waals surface area contributed by atoms with Crippen LogP contribution in [0.4, 0.5) is 5.69 Å². The van der Waals surface area contributed by atoms with E-state index in [1.807, 2.05) is 23.1 Å². The van der Waals surface area contributed by atoms with Crippen molar-refractivity contribution in [2.45, 2.75) is 38.3 Å². The first-order valence-electron chi connectivity index (χ1n) is 6.39. The Morgan fingerprint density at radius 2 is 2.18 bits per heavy atom. The highest BCUT2D eigenvalue weighted by atomic mass is 16.2. The molecule has 0 bridgehead atoms. The average molecular weight is 230 g/mol. The van der Waals surface area contributed by atoms with Gasteiger partial charge in [0.15, 0.2) is 0 Å². The normalized spacial score (nSPS) is 22.6. The summed E-state index contributed by atoms with van der Waals surface area (Å²) in [5, 5.41) is 3.29. The molecule has 17 heavy (non-hydrogen) atoms. The predicted octanol–water partition coefficient (Wildman–Crippen LogP) is 1.72. The molecule has 1 fully saturated rings. The van der Waals surface area contributed by atoms with E-state index >= 15 is 0 Å². The maximum atomic E-state index is 12.2. The van der Waals surface area contributed by atoms with Gasteiger partial charge in [-0.3, -0.25) is 4.79 Å². The Bertz CT molecular complexity index is 440. The van der Waals surface area contributed by atoms with Gasteiger partial charge >= 0.3 is 0 Å². The van der Waals surface area contributed by atoms with Crippen LogP contribution in [0.15, 0.2) is 24.3 Å². The number of para-hydroxylation sites is 1. The number of anilines is 1. The van der Waals surface area contributed by atoms with Crippen molar-refractivity contribution in [3.8, 4) is 0 Å². The number of rotatable bonds is 3. The number of hydrogen-bond donors (Lipinski definition) is 1. The molecule has 0 aromatic heterocycles. The molecule has 3 heteroatoms. The van der Waals surface area contributed by atoms with Gasteiger partial charge in [-0.2, -0.15) is 0 Å². The fourth-order valence-electron chi connectivity index (χ4n) is 2.55. The fraction of sp³-hybridized carbons (Fsp3) is 0.500. The zero-order chi connectivity index (χ0) is 11.8. The SMILES string of the molecule is CC1Cc2ccccc2N1C(=O)CNC1CC1. The van der Waals surface area contributed by atoms with Gasteiger partial charge in [-0.05, 0) is 37.8 Å². The van der Waals surface area contributed by atoms with E-state index < -0.39 is 0 Å². The molecule has 2 aliphatic rings. The molecule has 1 aliphatic heterocycles. The van der Waals surface area contributed by atoms with Gasteiger partial charge in [-0.1, -0.05) is 18.2 Å². The van der Waals surface area contributed by atoms with Crippen LogP contribution in [0.3, 0.4) is 0 Å². The zero-order valence-corrected chi connectivity index (χ0v) is 10.1. The summed E-state index contributed by atoms with van der Waals surface area (Å²) in [7, 11) is 0. The van der Waals surface area contributed by atoms with Crippen LogP contribution < -0.4 is 10.2 Å². The van der Waals surface area contributed by atoms with Gasteiger partial charge in [0.2, 0.25) is 5.91 Å². The summed E-state index contributed by atoms with van der Waals surface area (Å²) in [4.78, 5) is 14.2. The zero-order valence-electron chi connectivity index (χ0n) is 10.1. The van der Waals surface area contributed by atoms with Gasteiger partial charge in [-0.25, -0.2) is 0 Å². The average Bonchev–Trinajstić information content (AvgIpc) is 3.07. The lowest BCUT2D eigenvalue weighted by Crippen LogP contribution is -2.42. The number of carbonyl (C=O) groups is 1. The van der Waals surface area contributed by atoms with Crippen LogP contribution >= 0.6 is 0 Å². The van der Waals surface area contributed by atoms with E-state index in [9.17, 15) is 4.79 Å². The lowest BCUT2D eigenvalue weighted by molar-refractivity contribution is -0.118. The molecule has 1 atom stereocenters. The van der Waals surface area contributed by atoms with Crippen molar-refractivity contribution in [3.05, 3.63) is 29.8 Å². The van der Waals surface area contributed by atoms with Crippen LogP contribution in [0.5, 0.6) is 0 Å². The molecular formula is C14H18N2O. The third kappa shape index (κ3) is 2.07. The molecule has 0 spiro atoms. The predicted molar refractivity (Wildman–Crippen MR) is 68.1 cm³/mol. The first kappa shape index (κ1) is 10.8. The van der Waals surface area contributed by atoms with Crippen LogP contribution in [-0.2, 0) is 11.2 Å². The molecule has 0 radical (unpaired) electrons. The number of benzene rings is 1. The molecule has 1 amide bonds. The fourth-order valence-corrected chi connectivity index (χ4v) is 2.55. The molecule has 1 heterocycles. The minimum Gasteiger partial charge on any atom is -0.308 e. The van der Waals surface area contributed by atoms with E-state index in [4.69, 9.17) is 0 Å². The highest BCUT2D eigenvalue weighted by molar-refractivity contribution is 5.97. The Morgan fingerprint density at radius 1 is 1.41 bits per heavy atom. The van der Waals surface area contributed by atoms with E-state index in [0.717, 1.165) is 12.1 Å². The van der Waals surface area contributed by atoms with E-state index in [2.05, 4.69) is 18.3 Å². The van der Waals surface area contributed by atoms with Gasteiger partial charge in [0.05, 0.1) is 6.54 Å². The molecule has 90 valence electrons. The quantitative estimate of drug-likeness (QED) is 0.857. The Labute approximate surface area is 102 Å². The number of amides is 1. The monoisotopic (exact) mass is 230 g/mol. The highest BCUT2D eigenvalue weighted by Crippen LogP contribution is 2.31. The molecule has 1 aliphatic carbocycles. The van der Waals surface area contributed by atoms with Crippen molar-refractivity contribution >= 4 is 11.6 Å². The van der Waals surface area contributed by atoms with Crippen molar-refractivity contribution in [2.24, 2.45) is 0 Å². The summed E-state index contributed by atoms with van der Waals surface area (Å²) in [6.07, 6.45) is 3.42. The summed E-state index contributed by atoms with van der Waals surface area (Å²) in [6, 6.07) is 9.10. The van der Waals surface area contributed by atoms with Crippen LogP contribution in [-0.4, -0.2) is 24.5 Å². The number of hydrogen-bond acceptors (Lipinski definition) is 2. The molecule has 0 saturated heterocycles. The Hall–Kier alpha value is -1.35. The van der Waals surface area contributed by atoms with Crippen molar-refractivity contribution in [3.63, 3.8) is 0 Å². The van der Waals surface area contributed by atoms with Gasteiger partial charge in [-0.15, -0.1) is 0 Å². The largest absolute Gasteiger partial charge is 0.308 e. The third-order valence-corrected chi connectivity index (χ3v) is 3.60. The molecule has 1 saturated carbocycles. The molecule has 1 unspecified atom stereocenters. The molecule has 3 rings (SSSR count). The number of fused-ring (bicyclic) bond motifs is 1. The second kappa shape index (κ2) is 4.15. The van der Waals surface area contributed by atoms with Crippen molar-refractivity contribution in [1.82, 2.24) is 5.32 Å². The second-order valence-corrected chi connectivity index (χ2v) is 5.10. The first-order valence-corrected chi connectivity index (χ1v) is 6.39. The molecular weight excluding hydrogens is 212 g/mol. The summed E-state index contributed by atoms with van der Waals surface area (Å²) < 4.78 is 0. The lowest BCUT2D eigenvalue weighted by Gasteiger charge is -2.22. The Balaban J connectivity index is 1.74. The van der Waals surface area contributed by atoms with Gasteiger partial charge in [0.25, 0.3) is 0 Å². The Morgan fingerprint density at radius 3 is 2.94 bits per heavy atom. The standard InChI is InChI=1S/C14H18N2O/c1-10-8-11-4-2-3-5-13(11)16(10)14(17)9-15-12-6-7-12/h2-5,10,12,15H,6-9H2,1H3. The highest BCUT2D eigenvalue weighted by Gasteiger charge is 2.31. The second-order valence-electron chi connectivity index (χ2n) is 5.10. The Kier molecular flexibility index (Phi) is 2.63. The van der Waals surface area contributed by atoms with Crippen LogP contribution in [0.25, 0.3) is 0 Å². The summed E-state index contributed by atoms with van der Waals surface area (Å²) in [6.45, 7) is 2.60. The molecule has 3 nitrogen and oxygen atoms in total. The smallest absolute Gasteiger partial charge is 0.241 e. The van der Waals surface area contributed by atoms with Crippen LogP contribution in [0.1, 0.15) is 25.3 Å². The molecule has 1 aromatic rings.